The van der Waals surface area contributed by atoms with Gasteiger partial charge in [0.2, 0.25) is 0 Å². The molecule has 3 nitrogen and oxygen atoms in total. The van der Waals surface area contributed by atoms with Crippen LogP contribution in [0.2, 0.25) is 0 Å². The van der Waals surface area contributed by atoms with E-state index in [1.807, 2.05) is 44.2 Å². The number of aromatic nitrogens is 1. The molecule has 2 rings (SSSR count). The van der Waals surface area contributed by atoms with Gasteiger partial charge < -0.3 is 10.5 Å². The second-order valence-corrected chi connectivity index (χ2v) is 4.09. The molecule has 0 saturated carbocycles. The average molecular weight is 228 g/mol. The molecular formula is C14H16N2O. The molecule has 88 valence electrons. The normalized spacial score (nSPS) is 12.1. The van der Waals surface area contributed by atoms with Gasteiger partial charge in [0, 0.05) is 18.0 Å². The molecule has 0 bridgehead atoms. The first-order chi connectivity index (χ1) is 8.16. The molecule has 0 aliphatic heterocycles. The van der Waals surface area contributed by atoms with Gasteiger partial charge >= 0.3 is 0 Å². The van der Waals surface area contributed by atoms with Crippen molar-refractivity contribution in [2.24, 2.45) is 0 Å². The highest BCUT2D eigenvalue weighted by Crippen LogP contribution is 2.27. The summed E-state index contributed by atoms with van der Waals surface area (Å²) in [5.41, 5.74) is 8.74. The van der Waals surface area contributed by atoms with E-state index in [4.69, 9.17) is 10.5 Å². The third-order valence-electron chi connectivity index (χ3n) is 2.62. The molecule has 2 N–H and O–H groups in total. The summed E-state index contributed by atoms with van der Waals surface area (Å²) in [6.07, 6.45) is 3.49. The van der Waals surface area contributed by atoms with Crippen LogP contribution in [0.1, 0.15) is 24.2 Å². The number of rotatable bonds is 3. The summed E-state index contributed by atoms with van der Waals surface area (Å²) in [6.45, 7) is 3.99. The molecular weight excluding hydrogens is 212 g/mol. The maximum absolute atomic E-state index is 5.91. The fraction of sp³-hybridized carbons (Fsp3) is 0.214. The van der Waals surface area contributed by atoms with Crippen LogP contribution >= 0.6 is 0 Å². The highest BCUT2D eigenvalue weighted by Gasteiger charge is 2.09. The summed E-state index contributed by atoms with van der Waals surface area (Å²) >= 11 is 0. The molecule has 0 amide bonds. The molecule has 17 heavy (non-hydrogen) atoms. The Bertz CT molecular complexity index is 497. The van der Waals surface area contributed by atoms with Crippen LogP contribution in [0, 0.1) is 6.92 Å². The van der Waals surface area contributed by atoms with Crippen molar-refractivity contribution in [2.75, 3.05) is 5.73 Å². The predicted molar refractivity (Wildman–Crippen MR) is 68.9 cm³/mol. The maximum Gasteiger partial charge on any atom is 0.143 e. The molecule has 1 aromatic heterocycles. The Labute approximate surface area is 101 Å². The quantitative estimate of drug-likeness (QED) is 0.821. The molecule has 1 unspecified atom stereocenters. The van der Waals surface area contributed by atoms with Crippen molar-refractivity contribution in [3.8, 4) is 5.75 Å². The number of aryl methyl sites for hydroxylation is 1. The monoisotopic (exact) mass is 228 g/mol. The molecule has 0 aliphatic rings. The van der Waals surface area contributed by atoms with Gasteiger partial charge in [0.15, 0.2) is 0 Å². The lowest BCUT2D eigenvalue weighted by molar-refractivity contribution is 0.228. The number of nitrogens with zero attached hydrogens (tertiary/aromatic N) is 1. The lowest BCUT2D eigenvalue weighted by Crippen LogP contribution is -2.05. The van der Waals surface area contributed by atoms with Gasteiger partial charge in [0.25, 0.3) is 0 Å². The zero-order valence-corrected chi connectivity index (χ0v) is 10.1. The molecule has 1 atom stereocenters. The van der Waals surface area contributed by atoms with Crippen LogP contribution in [0.15, 0.2) is 42.7 Å². The minimum Gasteiger partial charge on any atom is -0.484 e. The van der Waals surface area contributed by atoms with Crippen molar-refractivity contribution in [3.05, 3.63) is 53.9 Å². The number of benzene rings is 1. The third-order valence-corrected chi connectivity index (χ3v) is 2.62. The smallest absolute Gasteiger partial charge is 0.143 e. The SMILES string of the molecule is Cc1ccc(OC(C)c2cccnc2)c(N)c1. The molecule has 3 heteroatoms. The van der Waals surface area contributed by atoms with E-state index in [9.17, 15) is 0 Å². The second kappa shape index (κ2) is 4.87. The molecule has 1 aromatic carbocycles. The number of hydrogen-bond acceptors (Lipinski definition) is 3. The van der Waals surface area contributed by atoms with Gasteiger partial charge in [-0.1, -0.05) is 12.1 Å². The van der Waals surface area contributed by atoms with E-state index in [-0.39, 0.29) is 6.10 Å². The summed E-state index contributed by atoms with van der Waals surface area (Å²) in [5.74, 6) is 0.715. The van der Waals surface area contributed by atoms with E-state index in [1.54, 1.807) is 12.4 Å². The summed E-state index contributed by atoms with van der Waals surface area (Å²) < 4.78 is 5.82. The average Bonchev–Trinajstić information content (AvgIpc) is 2.34. The van der Waals surface area contributed by atoms with Crippen LogP contribution in [0.5, 0.6) is 5.75 Å². The van der Waals surface area contributed by atoms with E-state index in [0.29, 0.717) is 11.4 Å². The number of anilines is 1. The lowest BCUT2D eigenvalue weighted by Gasteiger charge is -2.16. The zero-order chi connectivity index (χ0) is 12.3. The first-order valence-corrected chi connectivity index (χ1v) is 5.59. The van der Waals surface area contributed by atoms with Gasteiger partial charge in [-0.05, 0) is 37.6 Å². The predicted octanol–water partition coefficient (Wildman–Crippen LogP) is 3.11. The summed E-state index contributed by atoms with van der Waals surface area (Å²) in [5, 5.41) is 0. The second-order valence-electron chi connectivity index (χ2n) is 4.09. The molecule has 0 saturated heterocycles. The lowest BCUT2D eigenvalue weighted by atomic mass is 10.2. The minimum absolute atomic E-state index is 0.0614. The first kappa shape index (κ1) is 11.5. The van der Waals surface area contributed by atoms with Gasteiger partial charge in [-0.15, -0.1) is 0 Å². The summed E-state index contributed by atoms with van der Waals surface area (Å²) in [6, 6.07) is 9.68. The molecule has 0 fully saturated rings. The number of pyridine rings is 1. The number of ether oxygens (including phenoxy) is 1. The van der Waals surface area contributed by atoms with Crippen molar-refractivity contribution >= 4 is 5.69 Å². The molecule has 0 spiro atoms. The van der Waals surface area contributed by atoms with Crippen LogP contribution in [-0.2, 0) is 0 Å². The molecule has 1 heterocycles. The van der Waals surface area contributed by atoms with Crippen molar-refractivity contribution in [2.45, 2.75) is 20.0 Å². The van der Waals surface area contributed by atoms with Gasteiger partial charge in [0.05, 0.1) is 5.69 Å². The Hall–Kier alpha value is -2.03. The van der Waals surface area contributed by atoms with Crippen LogP contribution in [0.3, 0.4) is 0 Å². The van der Waals surface area contributed by atoms with E-state index in [0.717, 1.165) is 11.1 Å². The van der Waals surface area contributed by atoms with Gasteiger partial charge in [-0.2, -0.15) is 0 Å². The Morgan fingerprint density at radius 1 is 1.29 bits per heavy atom. The summed E-state index contributed by atoms with van der Waals surface area (Å²) in [7, 11) is 0. The van der Waals surface area contributed by atoms with Gasteiger partial charge in [0.1, 0.15) is 11.9 Å². The van der Waals surface area contributed by atoms with E-state index in [2.05, 4.69) is 4.98 Å². The van der Waals surface area contributed by atoms with Crippen LogP contribution in [-0.4, -0.2) is 4.98 Å². The first-order valence-electron chi connectivity index (χ1n) is 5.59. The number of nitrogen functional groups attached to an aromatic ring is 1. The Morgan fingerprint density at radius 3 is 2.76 bits per heavy atom. The fourth-order valence-corrected chi connectivity index (χ4v) is 1.65. The maximum atomic E-state index is 5.91. The molecule has 2 aromatic rings. The van der Waals surface area contributed by atoms with Crippen LogP contribution < -0.4 is 10.5 Å². The summed E-state index contributed by atoms with van der Waals surface area (Å²) in [4.78, 5) is 4.07. The number of hydrogen-bond donors (Lipinski definition) is 1. The largest absolute Gasteiger partial charge is 0.484 e. The zero-order valence-electron chi connectivity index (χ0n) is 10.1. The highest BCUT2D eigenvalue weighted by molar-refractivity contribution is 5.54. The minimum atomic E-state index is -0.0614. The van der Waals surface area contributed by atoms with Gasteiger partial charge in [-0.25, -0.2) is 0 Å². The number of nitrogens with two attached hydrogens (primary N) is 1. The Balaban J connectivity index is 2.16. The van der Waals surface area contributed by atoms with E-state index in [1.165, 1.54) is 0 Å². The molecule has 0 aliphatic carbocycles. The van der Waals surface area contributed by atoms with E-state index < -0.39 is 0 Å². The Kier molecular flexibility index (Phi) is 3.28. The van der Waals surface area contributed by atoms with Crippen molar-refractivity contribution in [3.63, 3.8) is 0 Å². The van der Waals surface area contributed by atoms with Crippen molar-refractivity contribution in [1.82, 2.24) is 4.98 Å². The topological polar surface area (TPSA) is 48.1 Å². The van der Waals surface area contributed by atoms with Crippen LogP contribution in [0.25, 0.3) is 0 Å². The van der Waals surface area contributed by atoms with Crippen molar-refractivity contribution in [1.29, 1.82) is 0 Å². The molecule has 0 radical (unpaired) electrons. The fourth-order valence-electron chi connectivity index (χ4n) is 1.65. The highest BCUT2D eigenvalue weighted by atomic mass is 16.5. The standard InChI is InChI=1S/C14H16N2O/c1-10-5-6-14(13(15)8-10)17-11(2)12-4-3-7-16-9-12/h3-9,11H,15H2,1-2H3. The van der Waals surface area contributed by atoms with Crippen LogP contribution in [0.4, 0.5) is 5.69 Å². The van der Waals surface area contributed by atoms with Crippen molar-refractivity contribution < 1.29 is 4.74 Å². The van der Waals surface area contributed by atoms with E-state index >= 15 is 0 Å². The third kappa shape index (κ3) is 2.75. The van der Waals surface area contributed by atoms with Gasteiger partial charge in [-0.3, -0.25) is 4.98 Å². The Morgan fingerprint density at radius 2 is 2.12 bits per heavy atom.